The molecular weight excluding hydrogens is 432 g/mol. The van der Waals surface area contributed by atoms with Crippen molar-refractivity contribution in [2.24, 2.45) is 5.73 Å². The van der Waals surface area contributed by atoms with Gasteiger partial charge in [-0.25, -0.2) is 9.78 Å². The van der Waals surface area contributed by atoms with E-state index < -0.39 is 5.91 Å². The minimum atomic E-state index is -0.600. The second-order valence-corrected chi connectivity index (χ2v) is 9.20. The number of carbonyl (C=O) groups is 2. The van der Waals surface area contributed by atoms with Crippen molar-refractivity contribution in [3.05, 3.63) is 53.5 Å². The van der Waals surface area contributed by atoms with E-state index in [1.165, 1.54) is 0 Å². The van der Waals surface area contributed by atoms with Gasteiger partial charge in [-0.3, -0.25) is 9.69 Å². The molecule has 0 aliphatic carbocycles. The number of rotatable bonds is 4. The van der Waals surface area contributed by atoms with Gasteiger partial charge >= 0.3 is 6.03 Å². The third kappa shape index (κ3) is 4.23. The number of benzene rings is 1. The number of anilines is 1. The Hall–Kier alpha value is -3.46. The van der Waals surface area contributed by atoms with Crippen molar-refractivity contribution < 1.29 is 14.1 Å². The van der Waals surface area contributed by atoms with E-state index in [-0.39, 0.29) is 23.7 Å². The fraction of sp³-hybridized carbons (Fsp3) is 0.440. The summed E-state index contributed by atoms with van der Waals surface area (Å²) in [6.45, 7) is 4.97. The molecule has 2 aliphatic heterocycles. The van der Waals surface area contributed by atoms with Gasteiger partial charge in [0.15, 0.2) is 5.69 Å². The summed E-state index contributed by atoms with van der Waals surface area (Å²) in [4.78, 5) is 33.9. The highest BCUT2D eigenvalue weighted by Crippen LogP contribution is 2.33. The van der Waals surface area contributed by atoms with Crippen molar-refractivity contribution in [2.75, 3.05) is 31.1 Å². The van der Waals surface area contributed by atoms with Gasteiger partial charge in [-0.05, 0) is 56.2 Å². The smallest absolute Gasteiger partial charge is 0.325 e. The van der Waals surface area contributed by atoms with E-state index in [0.29, 0.717) is 18.8 Å². The Morgan fingerprint density at radius 2 is 2.03 bits per heavy atom. The SMILES string of the molecule is Cc1cccc2ccnc(N(C(=O)N3CCC(c4cc(C(N)=O)no4)CC3)[C@@H]3CCCNC3)c12. The molecule has 0 unspecified atom stereocenters. The summed E-state index contributed by atoms with van der Waals surface area (Å²) < 4.78 is 5.35. The number of nitrogens with zero attached hydrogens (tertiary/aromatic N) is 4. The maximum Gasteiger partial charge on any atom is 0.325 e. The average Bonchev–Trinajstić information content (AvgIpc) is 3.36. The molecule has 3 aromatic rings. The van der Waals surface area contributed by atoms with Crippen molar-refractivity contribution in [3.8, 4) is 0 Å². The Morgan fingerprint density at radius 1 is 1.21 bits per heavy atom. The number of likely N-dealkylation sites (tertiary alicyclic amines) is 1. The number of hydrogen-bond acceptors (Lipinski definition) is 6. The molecule has 9 heteroatoms. The van der Waals surface area contributed by atoms with Crippen LogP contribution in [0.5, 0.6) is 0 Å². The van der Waals surface area contributed by atoms with E-state index in [1.807, 2.05) is 21.9 Å². The lowest BCUT2D eigenvalue weighted by Crippen LogP contribution is -2.55. The summed E-state index contributed by atoms with van der Waals surface area (Å²) in [5, 5.41) is 9.32. The molecular formula is C25H30N6O3. The minimum Gasteiger partial charge on any atom is -0.364 e. The number of aromatic nitrogens is 2. The van der Waals surface area contributed by atoms with Gasteiger partial charge in [0.2, 0.25) is 0 Å². The topological polar surface area (TPSA) is 118 Å². The number of primary amides is 1. The van der Waals surface area contributed by atoms with Gasteiger partial charge < -0.3 is 20.5 Å². The summed E-state index contributed by atoms with van der Waals surface area (Å²) in [5.41, 5.74) is 6.55. The molecule has 0 spiro atoms. The molecule has 2 saturated heterocycles. The van der Waals surface area contributed by atoms with Crippen LogP contribution in [-0.2, 0) is 0 Å². The number of nitrogens with two attached hydrogens (primary N) is 1. The highest BCUT2D eigenvalue weighted by atomic mass is 16.5. The maximum absolute atomic E-state index is 14.0. The number of piperidine rings is 2. The van der Waals surface area contributed by atoms with Gasteiger partial charge in [0, 0.05) is 43.2 Å². The molecule has 5 rings (SSSR count). The third-order valence-corrected chi connectivity index (χ3v) is 7.00. The number of urea groups is 1. The second kappa shape index (κ2) is 9.42. The summed E-state index contributed by atoms with van der Waals surface area (Å²) in [5.74, 6) is 0.892. The standard InChI is InChI=1S/C25H30N6O3/c1-16-4-2-5-18-7-11-28-24(22(16)18)31(19-6-3-10-27-15-19)25(33)30-12-8-17(9-13-30)21-14-20(23(26)32)29-34-21/h2,4-5,7,11,14,17,19,27H,3,6,8-10,12-13,15H2,1H3,(H2,26,32)/t19-/m1/s1. The van der Waals surface area contributed by atoms with Gasteiger partial charge in [0.25, 0.3) is 5.91 Å². The molecule has 4 heterocycles. The molecule has 2 aromatic heterocycles. The van der Waals surface area contributed by atoms with Crippen LogP contribution < -0.4 is 16.0 Å². The lowest BCUT2D eigenvalue weighted by molar-refractivity contribution is 0.0991. The van der Waals surface area contributed by atoms with Crippen molar-refractivity contribution in [2.45, 2.75) is 44.6 Å². The molecule has 1 atom stereocenters. The highest BCUT2D eigenvalue weighted by Gasteiger charge is 2.35. The van der Waals surface area contributed by atoms with Crippen LogP contribution in [-0.4, -0.2) is 59.2 Å². The van der Waals surface area contributed by atoms with Crippen molar-refractivity contribution in [1.82, 2.24) is 20.4 Å². The van der Waals surface area contributed by atoms with E-state index in [4.69, 9.17) is 15.2 Å². The average molecular weight is 463 g/mol. The number of nitrogens with one attached hydrogen (secondary N) is 1. The van der Waals surface area contributed by atoms with Crippen LogP contribution in [0.15, 0.2) is 41.1 Å². The van der Waals surface area contributed by atoms with Crippen LogP contribution in [0.3, 0.4) is 0 Å². The summed E-state index contributed by atoms with van der Waals surface area (Å²) in [6, 6.07) is 9.82. The van der Waals surface area contributed by atoms with Crippen LogP contribution in [0.2, 0.25) is 0 Å². The predicted octanol–water partition coefficient (Wildman–Crippen LogP) is 3.19. The second-order valence-electron chi connectivity index (χ2n) is 9.20. The number of carbonyl (C=O) groups excluding carboxylic acids is 2. The fourth-order valence-corrected chi connectivity index (χ4v) is 5.15. The first-order chi connectivity index (χ1) is 16.5. The van der Waals surface area contributed by atoms with Crippen molar-refractivity contribution >= 4 is 28.5 Å². The zero-order chi connectivity index (χ0) is 23.7. The van der Waals surface area contributed by atoms with Crippen molar-refractivity contribution in [3.63, 3.8) is 0 Å². The monoisotopic (exact) mass is 462 g/mol. The number of pyridine rings is 1. The lowest BCUT2D eigenvalue weighted by Gasteiger charge is -2.40. The predicted molar refractivity (Wildman–Crippen MR) is 129 cm³/mol. The molecule has 3 amide bonds. The highest BCUT2D eigenvalue weighted by molar-refractivity contribution is 6.03. The quantitative estimate of drug-likeness (QED) is 0.615. The first-order valence-corrected chi connectivity index (χ1v) is 11.9. The van der Waals surface area contributed by atoms with E-state index in [0.717, 1.165) is 60.9 Å². The number of hydrogen-bond donors (Lipinski definition) is 2. The number of amides is 3. The van der Waals surface area contributed by atoms with Gasteiger partial charge in [0.05, 0.1) is 6.04 Å². The molecule has 9 nitrogen and oxygen atoms in total. The van der Waals surface area contributed by atoms with Crippen LogP contribution in [0, 0.1) is 6.92 Å². The Labute approximate surface area is 198 Å². The minimum absolute atomic E-state index is 0.00852. The largest absolute Gasteiger partial charge is 0.364 e. The van der Waals surface area contributed by atoms with E-state index >= 15 is 0 Å². The molecule has 2 aliphatic rings. The van der Waals surface area contributed by atoms with Gasteiger partial charge in [-0.2, -0.15) is 0 Å². The lowest BCUT2D eigenvalue weighted by atomic mass is 9.94. The zero-order valence-corrected chi connectivity index (χ0v) is 19.4. The first-order valence-electron chi connectivity index (χ1n) is 11.9. The summed E-state index contributed by atoms with van der Waals surface area (Å²) >= 11 is 0. The molecule has 0 saturated carbocycles. The van der Waals surface area contributed by atoms with Crippen LogP contribution >= 0.6 is 0 Å². The third-order valence-electron chi connectivity index (χ3n) is 7.00. The summed E-state index contributed by atoms with van der Waals surface area (Å²) in [6.07, 6.45) is 5.22. The van der Waals surface area contributed by atoms with Crippen LogP contribution in [0.25, 0.3) is 10.8 Å². The van der Waals surface area contributed by atoms with Gasteiger partial charge in [-0.15, -0.1) is 0 Å². The normalized spacial score (nSPS) is 19.3. The Kier molecular flexibility index (Phi) is 6.19. The number of aryl methyl sites for hydroxylation is 1. The first kappa shape index (κ1) is 22.3. The molecule has 0 radical (unpaired) electrons. The molecule has 178 valence electrons. The van der Waals surface area contributed by atoms with E-state index in [9.17, 15) is 9.59 Å². The maximum atomic E-state index is 14.0. The molecule has 34 heavy (non-hydrogen) atoms. The Morgan fingerprint density at radius 3 is 2.74 bits per heavy atom. The van der Waals surface area contributed by atoms with E-state index in [1.54, 1.807) is 12.3 Å². The molecule has 3 N–H and O–H groups in total. The Balaban J connectivity index is 1.41. The zero-order valence-electron chi connectivity index (χ0n) is 19.4. The van der Waals surface area contributed by atoms with E-state index in [2.05, 4.69) is 29.5 Å². The van der Waals surface area contributed by atoms with Crippen LogP contribution in [0.4, 0.5) is 10.6 Å². The van der Waals surface area contributed by atoms with Gasteiger partial charge in [-0.1, -0.05) is 23.4 Å². The molecule has 2 fully saturated rings. The number of fused-ring (bicyclic) bond motifs is 1. The molecule has 0 bridgehead atoms. The van der Waals surface area contributed by atoms with Crippen LogP contribution in [0.1, 0.15) is 53.4 Å². The fourth-order valence-electron chi connectivity index (χ4n) is 5.15. The van der Waals surface area contributed by atoms with Gasteiger partial charge in [0.1, 0.15) is 11.6 Å². The van der Waals surface area contributed by atoms with Crippen molar-refractivity contribution in [1.29, 1.82) is 0 Å². The Bertz CT molecular complexity index is 1190. The molecule has 1 aromatic carbocycles. The summed E-state index contributed by atoms with van der Waals surface area (Å²) in [7, 11) is 0.